The van der Waals surface area contributed by atoms with Gasteiger partial charge < -0.3 is 25.8 Å². The summed E-state index contributed by atoms with van der Waals surface area (Å²) in [5, 5.41) is 19.5. The summed E-state index contributed by atoms with van der Waals surface area (Å²) in [6.07, 6.45) is 2.88. The van der Waals surface area contributed by atoms with Crippen molar-refractivity contribution in [1.82, 2.24) is 14.9 Å². The summed E-state index contributed by atoms with van der Waals surface area (Å²) in [5.74, 6) is -1.95. The number of nitrogens with zero attached hydrogens (tertiary/aromatic N) is 2. The molecule has 1 heterocycles. The van der Waals surface area contributed by atoms with Crippen molar-refractivity contribution in [3.8, 4) is 0 Å². The Morgan fingerprint density at radius 3 is 2.82 bits per heavy atom. The Morgan fingerprint density at radius 2 is 2.29 bits per heavy atom. The highest BCUT2D eigenvalue weighted by atomic mass is 16.4. The van der Waals surface area contributed by atoms with E-state index in [2.05, 4.69) is 10.3 Å². The molecule has 0 spiro atoms. The van der Waals surface area contributed by atoms with Crippen molar-refractivity contribution >= 4 is 11.9 Å². The van der Waals surface area contributed by atoms with Gasteiger partial charge in [-0.05, 0) is 0 Å². The van der Waals surface area contributed by atoms with Gasteiger partial charge in [0.15, 0.2) is 6.04 Å². The van der Waals surface area contributed by atoms with Gasteiger partial charge in [-0.1, -0.05) is 0 Å². The number of nitrogens with one attached hydrogen (secondary N) is 1. The lowest BCUT2D eigenvalue weighted by molar-refractivity contribution is -0.140. The lowest BCUT2D eigenvalue weighted by Crippen LogP contribution is -2.43. The summed E-state index contributed by atoms with van der Waals surface area (Å²) < 4.78 is 1.61. The molecule has 0 aliphatic rings. The first-order chi connectivity index (χ1) is 8.08. The van der Waals surface area contributed by atoms with E-state index < -0.39 is 24.5 Å². The van der Waals surface area contributed by atoms with E-state index >= 15 is 0 Å². The van der Waals surface area contributed by atoms with E-state index in [1.165, 1.54) is 12.5 Å². The Kier molecular flexibility index (Phi) is 4.61. The van der Waals surface area contributed by atoms with Crippen LogP contribution in [0.2, 0.25) is 0 Å². The molecule has 1 amide bonds. The van der Waals surface area contributed by atoms with Crippen molar-refractivity contribution in [1.29, 1.82) is 0 Å². The Morgan fingerprint density at radius 1 is 1.59 bits per heavy atom. The first-order valence-electron chi connectivity index (χ1n) is 4.95. The zero-order valence-electron chi connectivity index (χ0n) is 9.04. The van der Waals surface area contributed by atoms with Crippen molar-refractivity contribution in [2.75, 3.05) is 13.2 Å². The summed E-state index contributed by atoms with van der Waals surface area (Å²) in [5.41, 5.74) is 5.41. The predicted octanol–water partition coefficient (Wildman–Crippen LogP) is -1.98. The summed E-state index contributed by atoms with van der Waals surface area (Å²) in [6.45, 7) is 0.249. The van der Waals surface area contributed by atoms with Crippen LogP contribution in [0, 0.1) is 0 Å². The standard InChI is InChI=1S/C9H14N4O4/c10-1-2-13-3-6(11-5-13)8(15)12-7(4-14)9(16)17/h3,5,7,14H,1-2,4,10H2,(H,12,15)(H,16,17)/t7-/m0/s1. The average molecular weight is 242 g/mol. The maximum atomic E-state index is 11.5. The molecule has 0 fully saturated rings. The molecule has 0 aromatic carbocycles. The van der Waals surface area contributed by atoms with Crippen LogP contribution in [0.3, 0.4) is 0 Å². The van der Waals surface area contributed by atoms with Gasteiger partial charge in [0.25, 0.3) is 5.91 Å². The second-order valence-corrected chi connectivity index (χ2v) is 3.33. The molecule has 0 aliphatic carbocycles. The maximum absolute atomic E-state index is 11.5. The van der Waals surface area contributed by atoms with E-state index in [9.17, 15) is 9.59 Å². The number of hydrogen-bond donors (Lipinski definition) is 4. The van der Waals surface area contributed by atoms with E-state index in [1.54, 1.807) is 4.57 Å². The Labute approximate surface area is 97.1 Å². The lowest BCUT2D eigenvalue weighted by Gasteiger charge is -2.09. The molecule has 1 rings (SSSR count). The fourth-order valence-electron chi connectivity index (χ4n) is 1.17. The van der Waals surface area contributed by atoms with Crippen LogP contribution in [0.25, 0.3) is 0 Å². The zero-order chi connectivity index (χ0) is 12.8. The minimum Gasteiger partial charge on any atom is -0.480 e. The lowest BCUT2D eigenvalue weighted by atomic mass is 10.3. The largest absolute Gasteiger partial charge is 0.480 e. The normalized spacial score (nSPS) is 12.1. The summed E-state index contributed by atoms with van der Waals surface area (Å²) >= 11 is 0. The molecular weight excluding hydrogens is 228 g/mol. The first-order valence-corrected chi connectivity index (χ1v) is 4.95. The molecule has 1 aromatic rings. The Hall–Kier alpha value is -1.93. The van der Waals surface area contributed by atoms with E-state index in [0.29, 0.717) is 13.1 Å². The number of carboxylic acid groups (broad SMARTS) is 1. The number of hydrogen-bond acceptors (Lipinski definition) is 5. The zero-order valence-corrected chi connectivity index (χ0v) is 9.04. The van der Waals surface area contributed by atoms with Gasteiger partial charge in [-0.15, -0.1) is 0 Å². The number of carboxylic acids is 1. The van der Waals surface area contributed by atoms with Gasteiger partial charge >= 0.3 is 5.97 Å². The van der Waals surface area contributed by atoms with Gasteiger partial charge in [0.1, 0.15) is 5.69 Å². The van der Waals surface area contributed by atoms with Crippen molar-refractivity contribution in [3.63, 3.8) is 0 Å². The van der Waals surface area contributed by atoms with Gasteiger partial charge in [-0.2, -0.15) is 0 Å². The molecule has 0 unspecified atom stereocenters. The van der Waals surface area contributed by atoms with E-state index in [1.807, 2.05) is 0 Å². The van der Waals surface area contributed by atoms with Crippen molar-refractivity contribution in [2.45, 2.75) is 12.6 Å². The fourth-order valence-corrected chi connectivity index (χ4v) is 1.17. The molecule has 5 N–H and O–H groups in total. The molecule has 0 radical (unpaired) electrons. The van der Waals surface area contributed by atoms with Crippen LogP contribution in [0.5, 0.6) is 0 Å². The Balaban J connectivity index is 2.65. The molecule has 17 heavy (non-hydrogen) atoms. The maximum Gasteiger partial charge on any atom is 0.328 e. The summed E-state index contributed by atoms with van der Waals surface area (Å²) in [7, 11) is 0. The van der Waals surface area contributed by atoms with Crippen LogP contribution < -0.4 is 11.1 Å². The molecule has 1 aromatic heterocycles. The molecule has 94 valence electrons. The quantitative estimate of drug-likeness (QED) is 0.457. The summed E-state index contributed by atoms with van der Waals surface area (Å²) in [6, 6.07) is -1.33. The molecule has 8 heteroatoms. The number of amides is 1. The van der Waals surface area contributed by atoms with E-state index in [-0.39, 0.29) is 5.69 Å². The number of carbonyl (C=O) groups excluding carboxylic acids is 1. The van der Waals surface area contributed by atoms with Crippen LogP contribution in [0.4, 0.5) is 0 Å². The smallest absolute Gasteiger partial charge is 0.328 e. The van der Waals surface area contributed by atoms with E-state index in [4.69, 9.17) is 15.9 Å². The molecule has 0 aliphatic heterocycles. The third kappa shape index (κ3) is 3.54. The van der Waals surface area contributed by atoms with Gasteiger partial charge in [-0.3, -0.25) is 4.79 Å². The monoisotopic (exact) mass is 242 g/mol. The van der Waals surface area contributed by atoms with Crippen molar-refractivity contribution in [2.24, 2.45) is 5.73 Å². The Bertz CT molecular complexity index is 403. The average Bonchev–Trinajstić information content (AvgIpc) is 2.74. The fraction of sp³-hybridized carbons (Fsp3) is 0.444. The SMILES string of the molecule is NCCn1cnc(C(=O)N[C@@H](CO)C(=O)O)c1. The minimum atomic E-state index is -1.33. The van der Waals surface area contributed by atoms with Crippen LogP contribution in [-0.4, -0.2) is 50.8 Å². The van der Waals surface area contributed by atoms with Gasteiger partial charge in [0.2, 0.25) is 0 Å². The highest BCUT2D eigenvalue weighted by Gasteiger charge is 2.20. The third-order valence-electron chi connectivity index (χ3n) is 2.04. The minimum absolute atomic E-state index is 0.0816. The molecule has 1 atom stereocenters. The second-order valence-electron chi connectivity index (χ2n) is 3.33. The van der Waals surface area contributed by atoms with Gasteiger partial charge in [-0.25, -0.2) is 9.78 Å². The molecule has 0 bridgehead atoms. The van der Waals surface area contributed by atoms with Crippen molar-refractivity contribution in [3.05, 3.63) is 18.2 Å². The topological polar surface area (TPSA) is 130 Å². The molecular formula is C9H14N4O4. The highest BCUT2D eigenvalue weighted by Crippen LogP contribution is 1.97. The number of aromatic nitrogens is 2. The number of aliphatic hydroxyl groups is 1. The second kappa shape index (κ2) is 5.97. The number of aliphatic hydroxyl groups excluding tert-OH is 1. The van der Waals surface area contributed by atoms with Crippen LogP contribution >= 0.6 is 0 Å². The van der Waals surface area contributed by atoms with Gasteiger partial charge in [0, 0.05) is 19.3 Å². The third-order valence-corrected chi connectivity index (χ3v) is 2.04. The number of rotatable bonds is 6. The van der Waals surface area contributed by atoms with Gasteiger partial charge in [0.05, 0.1) is 12.9 Å². The number of imidazole rings is 1. The first kappa shape index (κ1) is 13.1. The van der Waals surface area contributed by atoms with Crippen molar-refractivity contribution < 1.29 is 19.8 Å². The van der Waals surface area contributed by atoms with E-state index in [0.717, 1.165) is 0 Å². The molecule has 0 saturated heterocycles. The summed E-state index contributed by atoms with van der Waals surface area (Å²) in [4.78, 5) is 25.9. The molecule has 0 saturated carbocycles. The van der Waals surface area contributed by atoms with Crippen LogP contribution in [0.15, 0.2) is 12.5 Å². The number of aliphatic carboxylic acids is 1. The predicted molar refractivity (Wildman–Crippen MR) is 57.3 cm³/mol. The number of carbonyl (C=O) groups is 2. The number of nitrogens with two attached hydrogens (primary N) is 1. The highest BCUT2D eigenvalue weighted by molar-refractivity contribution is 5.94. The van der Waals surface area contributed by atoms with Crippen LogP contribution in [-0.2, 0) is 11.3 Å². The molecule has 8 nitrogen and oxygen atoms in total. The van der Waals surface area contributed by atoms with Crippen LogP contribution in [0.1, 0.15) is 10.5 Å².